The van der Waals surface area contributed by atoms with E-state index in [1.165, 1.54) is 11.3 Å². The van der Waals surface area contributed by atoms with Gasteiger partial charge in [-0.25, -0.2) is 13.6 Å². The Morgan fingerprint density at radius 3 is 2.13 bits per heavy atom. The standard InChI is InChI=1S/C22H33N2O4S2/c1-8-24(9-2,20-13-16(4)21(29-20)30(23,26)27)17-10-11-18(15(3)12-17)28-14-19(25)22(5,6)7/h10-13H,8-9,14H2,1-7H3,(H2,23,26,27)/q+1. The molecule has 30 heavy (non-hydrogen) atoms. The number of hydrogen-bond acceptors (Lipinski definition) is 5. The first-order valence-corrected chi connectivity index (χ1v) is 12.4. The van der Waals surface area contributed by atoms with Crippen molar-refractivity contribution < 1.29 is 17.9 Å². The first kappa shape index (κ1) is 24.5. The molecule has 2 aromatic rings. The van der Waals surface area contributed by atoms with E-state index in [2.05, 4.69) is 19.9 Å². The molecule has 0 fully saturated rings. The number of quaternary nitrogens is 1. The molecule has 0 spiro atoms. The van der Waals surface area contributed by atoms with Gasteiger partial charge in [-0.3, -0.25) is 9.28 Å². The summed E-state index contributed by atoms with van der Waals surface area (Å²) in [6.45, 7) is 15.1. The van der Waals surface area contributed by atoms with Crippen LogP contribution in [-0.2, 0) is 14.8 Å². The number of aryl methyl sites for hydroxylation is 2. The molecule has 2 rings (SSSR count). The van der Waals surface area contributed by atoms with Gasteiger partial charge in [0.2, 0.25) is 10.0 Å². The lowest BCUT2D eigenvalue weighted by Gasteiger charge is -2.34. The summed E-state index contributed by atoms with van der Waals surface area (Å²) in [7, 11) is -3.76. The Bertz CT molecular complexity index is 1030. The van der Waals surface area contributed by atoms with Crippen LogP contribution in [0.15, 0.2) is 28.5 Å². The minimum atomic E-state index is -3.76. The minimum Gasteiger partial charge on any atom is -0.486 e. The highest BCUT2D eigenvalue weighted by atomic mass is 32.2. The van der Waals surface area contributed by atoms with Crippen molar-refractivity contribution in [2.24, 2.45) is 10.6 Å². The van der Waals surface area contributed by atoms with Crippen LogP contribution in [-0.4, -0.2) is 33.9 Å². The van der Waals surface area contributed by atoms with Gasteiger partial charge in [0.25, 0.3) is 0 Å². The third-order valence-corrected chi connectivity index (χ3v) is 8.44. The Balaban J connectivity index is 2.44. The van der Waals surface area contributed by atoms with Crippen molar-refractivity contribution in [2.75, 3.05) is 19.7 Å². The minimum absolute atomic E-state index is 0.0348. The predicted octanol–water partition coefficient (Wildman–Crippen LogP) is 4.69. The topological polar surface area (TPSA) is 86.5 Å². The molecule has 0 saturated carbocycles. The fourth-order valence-electron chi connectivity index (χ4n) is 3.39. The molecule has 1 heterocycles. The van der Waals surface area contributed by atoms with Crippen LogP contribution >= 0.6 is 11.3 Å². The summed E-state index contributed by atoms with van der Waals surface area (Å²) in [5, 5.41) is 6.33. The van der Waals surface area contributed by atoms with E-state index < -0.39 is 15.4 Å². The maximum absolute atomic E-state index is 12.2. The SMILES string of the molecule is CC[N+](CC)(c1ccc(OCC(=O)C(C)(C)C)c(C)c1)c1cc(C)c(S(N)(=O)=O)s1. The zero-order valence-corrected chi connectivity index (χ0v) is 20.5. The van der Waals surface area contributed by atoms with E-state index in [1.54, 1.807) is 6.92 Å². The van der Waals surface area contributed by atoms with Crippen molar-refractivity contribution in [2.45, 2.75) is 52.7 Å². The van der Waals surface area contributed by atoms with Crippen molar-refractivity contribution in [3.05, 3.63) is 35.4 Å². The number of hydrogen-bond donors (Lipinski definition) is 1. The monoisotopic (exact) mass is 453 g/mol. The zero-order chi connectivity index (χ0) is 22.9. The molecule has 2 N–H and O–H groups in total. The van der Waals surface area contributed by atoms with E-state index in [9.17, 15) is 13.2 Å². The largest absolute Gasteiger partial charge is 0.486 e. The van der Waals surface area contributed by atoms with E-state index >= 15 is 0 Å². The third kappa shape index (κ3) is 4.94. The smallest absolute Gasteiger partial charge is 0.248 e. The van der Waals surface area contributed by atoms with E-state index in [4.69, 9.17) is 9.88 Å². The molecule has 1 aromatic heterocycles. The molecule has 0 radical (unpaired) electrons. The number of thiophene rings is 1. The molecule has 1 aromatic carbocycles. The second kappa shape index (κ2) is 8.78. The lowest BCUT2D eigenvalue weighted by molar-refractivity contribution is -0.128. The van der Waals surface area contributed by atoms with Gasteiger partial charge in [0, 0.05) is 23.6 Å². The summed E-state index contributed by atoms with van der Waals surface area (Å²) in [6.07, 6.45) is 0. The number of nitrogens with two attached hydrogens (primary N) is 1. The summed E-state index contributed by atoms with van der Waals surface area (Å²) in [5.74, 6) is 0.719. The van der Waals surface area contributed by atoms with Gasteiger partial charge in [0.15, 0.2) is 10.8 Å². The average Bonchev–Trinajstić information content (AvgIpc) is 3.04. The lowest BCUT2D eigenvalue weighted by Crippen LogP contribution is -2.43. The van der Waals surface area contributed by atoms with Crippen LogP contribution in [0.3, 0.4) is 0 Å². The van der Waals surface area contributed by atoms with Crippen molar-refractivity contribution in [3.8, 4) is 5.75 Å². The molecule has 0 aliphatic heterocycles. The van der Waals surface area contributed by atoms with Gasteiger partial charge >= 0.3 is 0 Å². The van der Waals surface area contributed by atoms with Crippen molar-refractivity contribution in [1.82, 2.24) is 4.48 Å². The summed E-state index contributed by atoms with van der Waals surface area (Å²) in [4.78, 5) is 12.2. The van der Waals surface area contributed by atoms with E-state index in [-0.39, 0.29) is 16.6 Å². The van der Waals surface area contributed by atoms with Crippen LogP contribution in [0.1, 0.15) is 45.7 Å². The molecule has 0 bridgehead atoms. The molecule has 0 atom stereocenters. The number of primary sulfonamides is 1. The molecule has 0 amide bonds. The van der Waals surface area contributed by atoms with Crippen molar-refractivity contribution in [3.63, 3.8) is 0 Å². The lowest BCUT2D eigenvalue weighted by atomic mass is 9.91. The third-order valence-electron chi connectivity index (χ3n) is 5.47. The highest BCUT2D eigenvalue weighted by Crippen LogP contribution is 2.43. The van der Waals surface area contributed by atoms with E-state index in [1.807, 2.05) is 45.9 Å². The van der Waals surface area contributed by atoms with Crippen LogP contribution in [0.5, 0.6) is 5.75 Å². The first-order valence-electron chi connectivity index (χ1n) is 10.0. The number of sulfonamides is 1. The van der Waals surface area contributed by atoms with Crippen LogP contribution < -0.4 is 14.4 Å². The van der Waals surface area contributed by atoms with Gasteiger partial charge in [0.05, 0.1) is 13.1 Å². The summed E-state index contributed by atoms with van der Waals surface area (Å²) >= 11 is 1.23. The highest BCUT2D eigenvalue weighted by Gasteiger charge is 2.34. The molecule has 166 valence electrons. The quantitative estimate of drug-likeness (QED) is 0.588. The van der Waals surface area contributed by atoms with Gasteiger partial charge in [-0.05, 0) is 44.9 Å². The Morgan fingerprint density at radius 1 is 1.10 bits per heavy atom. The number of rotatable bonds is 8. The number of nitrogens with zero attached hydrogens (tertiary/aromatic N) is 1. The van der Waals surface area contributed by atoms with Gasteiger partial charge in [0.1, 0.15) is 22.3 Å². The molecular formula is C22H33N2O4S2+. The molecule has 0 aliphatic rings. The fourth-order valence-corrected chi connectivity index (χ4v) is 5.80. The Morgan fingerprint density at radius 2 is 1.70 bits per heavy atom. The van der Waals surface area contributed by atoms with Gasteiger partial charge in [-0.2, -0.15) is 0 Å². The second-order valence-corrected chi connectivity index (χ2v) is 11.4. The number of ether oxygens (including phenoxy) is 1. The molecule has 0 saturated heterocycles. The molecular weight excluding hydrogens is 420 g/mol. The molecule has 8 heteroatoms. The number of Topliss-reactive ketones (excluding diaryl/α,β-unsaturated/α-hetero) is 1. The van der Waals surface area contributed by atoms with Gasteiger partial charge in [-0.1, -0.05) is 32.1 Å². The normalized spacial score (nSPS) is 12.8. The van der Waals surface area contributed by atoms with E-state index in [0.29, 0.717) is 15.8 Å². The number of carbonyl (C=O) groups is 1. The summed E-state index contributed by atoms with van der Waals surface area (Å²) in [5.41, 5.74) is 2.19. The summed E-state index contributed by atoms with van der Waals surface area (Å²) in [6, 6.07) is 7.84. The van der Waals surface area contributed by atoms with Crippen LogP contribution in [0.4, 0.5) is 10.7 Å². The fraction of sp³-hybridized carbons (Fsp3) is 0.500. The van der Waals surface area contributed by atoms with Crippen LogP contribution in [0.25, 0.3) is 0 Å². The number of benzene rings is 1. The number of carbonyl (C=O) groups excluding carboxylic acids is 1. The zero-order valence-electron chi connectivity index (χ0n) is 18.9. The molecule has 0 aliphatic carbocycles. The maximum atomic E-state index is 12.2. The van der Waals surface area contributed by atoms with Crippen LogP contribution in [0, 0.1) is 19.3 Å². The first-order chi connectivity index (χ1) is 13.8. The Labute approximate surface area is 184 Å². The Hall–Kier alpha value is -1.74. The molecule has 0 unspecified atom stereocenters. The molecule has 6 nitrogen and oxygen atoms in total. The Kier molecular flexibility index (Phi) is 7.18. The van der Waals surface area contributed by atoms with E-state index in [0.717, 1.165) is 29.3 Å². The maximum Gasteiger partial charge on any atom is 0.248 e. The van der Waals surface area contributed by atoms with Gasteiger partial charge < -0.3 is 4.74 Å². The van der Waals surface area contributed by atoms with Crippen molar-refractivity contribution in [1.29, 1.82) is 0 Å². The second-order valence-electron chi connectivity index (χ2n) is 8.61. The van der Waals surface area contributed by atoms with Crippen LogP contribution in [0.2, 0.25) is 0 Å². The highest BCUT2D eigenvalue weighted by molar-refractivity contribution is 7.91. The van der Waals surface area contributed by atoms with Gasteiger partial charge in [-0.15, -0.1) is 0 Å². The predicted molar refractivity (Wildman–Crippen MR) is 124 cm³/mol. The number of ketones is 1. The average molecular weight is 454 g/mol. The van der Waals surface area contributed by atoms with Crippen molar-refractivity contribution >= 4 is 37.8 Å². The summed E-state index contributed by atoms with van der Waals surface area (Å²) < 4.78 is 30.4.